The van der Waals surface area contributed by atoms with Crippen molar-refractivity contribution >= 4 is 48.1 Å². The lowest BCUT2D eigenvalue weighted by Gasteiger charge is -2.36. The third-order valence-electron chi connectivity index (χ3n) is 4.20. The Morgan fingerprint density at radius 3 is 2.81 bits per heavy atom. The summed E-state index contributed by atoms with van der Waals surface area (Å²) in [5.41, 5.74) is 2.01. The quantitative estimate of drug-likeness (QED) is 0.798. The number of nitrogens with zero attached hydrogens (tertiary/aromatic N) is 3. The van der Waals surface area contributed by atoms with E-state index in [1.54, 1.807) is 4.68 Å². The van der Waals surface area contributed by atoms with Crippen LogP contribution in [-0.2, 0) is 11.8 Å². The molecule has 0 spiro atoms. The molecule has 3 rings (SSSR count). The van der Waals surface area contributed by atoms with Crippen molar-refractivity contribution in [3.05, 3.63) is 46.6 Å². The van der Waals surface area contributed by atoms with Crippen LogP contribution in [0.1, 0.15) is 17.3 Å². The molecule has 2 aromatic rings. The van der Waals surface area contributed by atoms with Crippen molar-refractivity contribution in [1.82, 2.24) is 20.0 Å². The predicted molar refractivity (Wildman–Crippen MR) is 110 cm³/mol. The summed E-state index contributed by atoms with van der Waals surface area (Å²) in [5, 5.41) is 11.3. The monoisotopic (exact) mass is 419 g/mol. The van der Waals surface area contributed by atoms with E-state index in [2.05, 4.69) is 26.7 Å². The molecule has 1 aliphatic rings. The first-order valence-electron chi connectivity index (χ1n) is 8.03. The van der Waals surface area contributed by atoms with Gasteiger partial charge < -0.3 is 10.6 Å². The van der Waals surface area contributed by atoms with Crippen molar-refractivity contribution in [2.24, 2.45) is 7.05 Å². The molecule has 0 saturated carbocycles. The Morgan fingerprint density at radius 2 is 2.15 bits per heavy atom. The minimum absolute atomic E-state index is 0. The van der Waals surface area contributed by atoms with Crippen LogP contribution in [0.3, 0.4) is 0 Å². The van der Waals surface area contributed by atoms with Gasteiger partial charge in [0.05, 0.1) is 12.2 Å². The van der Waals surface area contributed by atoms with Gasteiger partial charge >= 0.3 is 0 Å². The topological polar surface area (TPSA) is 62.2 Å². The fourth-order valence-corrected chi connectivity index (χ4v) is 3.27. The highest BCUT2D eigenvalue weighted by Crippen LogP contribution is 2.24. The summed E-state index contributed by atoms with van der Waals surface area (Å²) >= 11 is 6.12. The van der Waals surface area contributed by atoms with Crippen molar-refractivity contribution in [3.8, 4) is 0 Å². The molecule has 1 aliphatic heterocycles. The molecule has 0 radical (unpaired) electrons. The Balaban J connectivity index is 0.00000169. The highest BCUT2D eigenvalue weighted by Gasteiger charge is 2.25. The number of halogens is 3. The number of carbonyl (C=O) groups is 1. The fraction of sp³-hybridized carbons (Fsp3) is 0.412. The number of aromatic nitrogens is 2. The molecule has 1 amide bonds. The number of piperazine rings is 1. The molecule has 9 heteroatoms. The van der Waals surface area contributed by atoms with Crippen LogP contribution < -0.4 is 10.6 Å². The molecule has 2 heterocycles. The van der Waals surface area contributed by atoms with Gasteiger partial charge in [-0.05, 0) is 24.6 Å². The van der Waals surface area contributed by atoms with Crippen LogP contribution in [0.5, 0.6) is 0 Å². The zero-order chi connectivity index (χ0) is 17.1. The maximum absolute atomic E-state index is 12.4. The summed E-state index contributed by atoms with van der Waals surface area (Å²) in [7, 11) is 1.82. The van der Waals surface area contributed by atoms with E-state index in [1.165, 1.54) is 0 Å². The van der Waals surface area contributed by atoms with E-state index in [0.717, 1.165) is 30.9 Å². The Labute approximate surface area is 171 Å². The van der Waals surface area contributed by atoms with Crippen molar-refractivity contribution in [3.63, 3.8) is 0 Å². The maximum atomic E-state index is 12.4. The lowest BCUT2D eigenvalue weighted by molar-refractivity contribution is -0.118. The second-order valence-corrected chi connectivity index (χ2v) is 6.52. The molecular formula is C17H24Cl3N5O. The smallest absolute Gasteiger partial charge is 0.239 e. The van der Waals surface area contributed by atoms with E-state index < -0.39 is 0 Å². The summed E-state index contributed by atoms with van der Waals surface area (Å²) in [6, 6.07) is 9.83. The summed E-state index contributed by atoms with van der Waals surface area (Å²) in [5.74, 6) is 0.680. The number of carbonyl (C=O) groups excluding carboxylic acids is 1. The number of benzene rings is 1. The highest BCUT2D eigenvalue weighted by atomic mass is 35.5. The number of amides is 1. The number of hydrogen-bond donors (Lipinski definition) is 2. The molecule has 6 nitrogen and oxygen atoms in total. The fourth-order valence-electron chi connectivity index (χ4n) is 3.07. The van der Waals surface area contributed by atoms with Crippen molar-refractivity contribution < 1.29 is 4.79 Å². The Hall–Kier alpha value is -1.31. The molecule has 0 bridgehead atoms. The Bertz CT molecular complexity index is 737. The van der Waals surface area contributed by atoms with E-state index in [1.807, 2.05) is 38.2 Å². The molecule has 1 aromatic heterocycles. The van der Waals surface area contributed by atoms with Crippen LogP contribution in [0, 0.1) is 6.92 Å². The third-order valence-corrected chi connectivity index (χ3v) is 4.44. The normalized spacial score (nSPS) is 17.1. The zero-order valence-electron chi connectivity index (χ0n) is 14.7. The first kappa shape index (κ1) is 22.7. The van der Waals surface area contributed by atoms with Gasteiger partial charge in [0.1, 0.15) is 5.82 Å². The molecule has 26 heavy (non-hydrogen) atoms. The Kier molecular flexibility index (Phi) is 8.86. The Morgan fingerprint density at radius 1 is 1.38 bits per heavy atom. The van der Waals surface area contributed by atoms with E-state index in [-0.39, 0.29) is 36.8 Å². The number of nitrogens with one attached hydrogen (secondary N) is 2. The summed E-state index contributed by atoms with van der Waals surface area (Å²) in [6.45, 7) is 4.73. The van der Waals surface area contributed by atoms with Gasteiger partial charge in [0.25, 0.3) is 0 Å². The average Bonchev–Trinajstić information content (AvgIpc) is 2.85. The van der Waals surface area contributed by atoms with Crippen LogP contribution in [0.2, 0.25) is 5.02 Å². The summed E-state index contributed by atoms with van der Waals surface area (Å²) in [4.78, 5) is 14.6. The number of aryl methyl sites for hydroxylation is 2. The second kappa shape index (κ2) is 10.1. The zero-order valence-corrected chi connectivity index (χ0v) is 17.1. The van der Waals surface area contributed by atoms with Gasteiger partial charge in [0, 0.05) is 43.8 Å². The number of anilines is 1. The van der Waals surface area contributed by atoms with E-state index in [9.17, 15) is 4.79 Å². The van der Waals surface area contributed by atoms with Crippen molar-refractivity contribution in [2.75, 3.05) is 31.5 Å². The molecule has 2 N–H and O–H groups in total. The molecule has 1 fully saturated rings. The molecule has 144 valence electrons. The van der Waals surface area contributed by atoms with Gasteiger partial charge in [0.2, 0.25) is 5.91 Å². The van der Waals surface area contributed by atoms with Crippen molar-refractivity contribution in [1.29, 1.82) is 0 Å². The minimum atomic E-state index is -0.0353. The molecule has 1 saturated heterocycles. The lowest BCUT2D eigenvalue weighted by Crippen LogP contribution is -2.48. The third kappa shape index (κ3) is 5.59. The van der Waals surface area contributed by atoms with E-state index in [0.29, 0.717) is 17.4 Å². The lowest BCUT2D eigenvalue weighted by atomic mass is 10.0. The summed E-state index contributed by atoms with van der Waals surface area (Å²) < 4.78 is 1.68. The number of hydrogen-bond acceptors (Lipinski definition) is 4. The first-order chi connectivity index (χ1) is 11.5. The van der Waals surface area contributed by atoms with Gasteiger partial charge in [-0.3, -0.25) is 14.4 Å². The van der Waals surface area contributed by atoms with Gasteiger partial charge in [-0.2, -0.15) is 5.10 Å². The predicted octanol–water partition coefficient (Wildman–Crippen LogP) is 2.81. The average molecular weight is 421 g/mol. The van der Waals surface area contributed by atoms with Crippen LogP contribution in [0.4, 0.5) is 5.82 Å². The molecule has 1 aromatic carbocycles. The highest BCUT2D eigenvalue weighted by molar-refractivity contribution is 6.30. The van der Waals surface area contributed by atoms with E-state index >= 15 is 0 Å². The minimum Gasteiger partial charge on any atom is -0.314 e. The first-order valence-corrected chi connectivity index (χ1v) is 8.41. The van der Waals surface area contributed by atoms with Gasteiger partial charge in [0.15, 0.2) is 0 Å². The van der Waals surface area contributed by atoms with Crippen LogP contribution in [0.25, 0.3) is 0 Å². The molecule has 1 atom stereocenters. The van der Waals surface area contributed by atoms with Crippen molar-refractivity contribution in [2.45, 2.75) is 13.0 Å². The van der Waals surface area contributed by atoms with Crippen LogP contribution >= 0.6 is 36.4 Å². The SMILES string of the molecule is Cc1cc(NC(=O)CN2CCNCC2c2cccc(Cl)c2)n(C)n1.Cl.Cl. The van der Waals surface area contributed by atoms with Crippen LogP contribution in [0.15, 0.2) is 30.3 Å². The van der Waals surface area contributed by atoms with E-state index in [4.69, 9.17) is 11.6 Å². The standard InChI is InChI=1S/C17H22ClN5O.2ClH/c1-12-8-16(22(2)21-12)20-17(24)11-23-7-6-19-10-15(23)13-4-3-5-14(18)9-13;;/h3-5,8-9,15,19H,6-7,10-11H2,1-2H3,(H,20,24);2*1H. The van der Waals surface area contributed by atoms with Gasteiger partial charge in [-0.1, -0.05) is 23.7 Å². The molecule has 1 unspecified atom stereocenters. The van der Waals surface area contributed by atoms with Crippen LogP contribution in [-0.4, -0.2) is 46.8 Å². The maximum Gasteiger partial charge on any atom is 0.239 e. The van der Waals surface area contributed by atoms with Gasteiger partial charge in [-0.15, -0.1) is 24.8 Å². The molecular weight excluding hydrogens is 397 g/mol. The molecule has 0 aliphatic carbocycles. The largest absolute Gasteiger partial charge is 0.314 e. The second-order valence-electron chi connectivity index (χ2n) is 6.09. The summed E-state index contributed by atoms with van der Waals surface area (Å²) in [6.07, 6.45) is 0. The number of rotatable bonds is 4. The van der Waals surface area contributed by atoms with Gasteiger partial charge in [-0.25, -0.2) is 0 Å².